The number of aromatic nitrogens is 1. The van der Waals surface area contributed by atoms with Crippen molar-refractivity contribution in [2.24, 2.45) is 13.0 Å². The van der Waals surface area contributed by atoms with Gasteiger partial charge in [0.25, 0.3) is 0 Å². The van der Waals surface area contributed by atoms with Gasteiger partial charge in [-0.05, 0) is 69.9 Å². The molecule has 1 heteroatoms. The highest BCUT2D eigenvalue weighted by atomic mass is 14.9. The van der Waals surface area contributed by atoms with Crippen LogP contribution in [-0.2, 0) is 24.3 Å². The van der Waals surface area contributed by atoms with Crippen LogP contribution in [0.25, 0.3) is 22.0 Å². The molecule has 1 fully saturated rings. The Morgan fingerprint density at radius 3 is 2.28 bits per heavy atom. The normalized spacial score (nSPS) is 16.5. The highest BCUT2D eigenvalue weighted by Gasteiger charge is 2.27. The number of nitrogens with zero attached hydrogens (tertiary/aromatic N) is 1. The fourth-order valence-electron chi connectivity index (χ4n) is 5.45. The van der Waals surface area contributed by atoms with Crippen molar-refractivity contribution in [1.29, 1.82) is 0 Å². The van der Waals surface area contributed by atoms with E-state index in [1.807, 2.05) is 11.6 Å². The average molecular weight is 431 g/mol. The number of benzene rings is 2. The third-order valence-electron chi connectivity index (χ3n) is 7.37. The van der Waals surface area contributed by atoms with Gasteiger partial charge in [0.15, 0.2) is 6.17 Å². The first-order valence-electron chi connectivity index (χ1n) is 13.4. The van der Waals surface area contributed by atoms with Gasteiger partial charge in [-0.1, -0.05) is 85.4 Å². The summed E-state index contributed by atoms with van der Waals surface area (Å²) in [6.45, 7) is 15.9. The molecule has 0 N–H and O–H groups in total. The summed E-state index contributed by atoms with van der Waals surface area (Å²) in [4.78, 5) is 0. The van der Waals surface area contributed by atoms with Crippen molar-refractivity contribution < 1.29 is 7.31 Å². The molecule has 0 atom stereocenters. The average Bonchev–Trinajstić information content (AvgIpc) is 3.25. The van der Waals surface area contributed by atoms with E-state index in [1.54, 1.807) is 0 Å². The van der Waals surface area contributed by atoms with Crippen molar-refractivity contribution >= 4 is 10.8 Å². The van der Waals surface area contributed by atoms with Crippen LogP contribution in [0.5, 0.6) is 0 Å². The van der Waals surface area contributed by atoms with Crippen LogP contribution in [0.15, 0.2) is 42.5 Å². The van der Waals surface area contributed by atoms with Gasteiger partial charge in [0, 0.05) is 6.04 Å². The summed E-state index contributed by atoms with van der Waals surface area (Å²) >= 11 is 0. The molecule has 0 radical (unpaired) electrons. The number of fused-ring (bicyclic) bond motifs is 1. The van der Waals surface area contributed by atoms with Crippen molar-refractivity contribution in [2.75, 3.05) is 0 Å². The van der Waals surface area contributed by atoms with E-state index in [9.17, 15) is 0 Å². The van der Waals surface area contributed by atoms with Crippen molar-refractivity contribution in [1.82, 2.24) is 0 Å². The fourth-order valence-corrected chi connectivity index (χ4v) is 5.45. The van der Waals surface area contributed by atoms with Crippen LogP contribution in [0.4, 0.5) is 0 Å². The Balaban J connectivity index is 2.00. The van der Waals surface area contributed by atoms with E-state index in [0.717, 1.165) is 28.8 Å². The van der Waals surface area contributed by atoms with Crippen LogP contribution < -0.4 is 4.57 Å². The summed E-state index contributed by atoms with van der Waals surface area (Å²) in [7, 11) is 1.95. The molecule has 1 aliphatic rings. The molecule has 1 heterocycles. The van der Waals surface area contributed by atoms with Crippen LogP contribution in [0.2, 0.25) is 0 Å². The predicted molar refractivity (Wildman–Crippen MR) is 138 cm³/mol. The summed E-state index contributed by atoms with van der Waals surface area (Å²) in [6, 6.07) is 11.7. The quantitative estimate of drug-likeness (QED) is 0.371. The molecule has 4 rings (SSSR count). The Morgan fingerprint density at radius 2 is 1.66 bits per heavy atom. The lowest BCUT2D eigenvalue weighted by molar-refractivity contribution is -0.659. The second-order valence-corrected chi connectivity index (χ2v) is 12.1. The van der Waals surface area contributed by atoms with Crippen LogP contribution in [0.1, 0.15) is 92.2 Å². The molecule has 1 aromatic heterocycles. The van der Waals surface area contributed by atoms with E-state index in [0.29, 0.717) is 6.04 Å². The molecule has 2 aromatic carbocycles. The molecule has 0 aliphatic heterocycles. The van der Waals surface area contributed by atoms with Crippen molar-refractivity contribution in [3.05, 3.63) is 64.8 Å². The lowest BCUT2D eigenvalue weighted by Gasteiger charge is -2.28. The molecule has 1 aliphatic carbocycles. The standard InChI is InChI=1S/C31H42N/c1-21-27(19-25(30(2,3)4)20-28(21)31(5,6)7)29-26-14-13-23(17-22-11-9-10-12-22)18-24(26)15-16-32(29)8/h13-16,18-20,22H,9-12,17H2,1-8H3/q+1/i15D,16D. The molecule has 0 unspecified atom stereocenters. The highest BCUT2D eigenvalue weighted by Crippen LogP contribution is 2.38. The van der Waals surface area contributed by atoms with Crippen molar-refractivity contribution in [2.45, 2.75) is 91.4 Å². The molecular weight excluding hydrogens is 386 g/mol. The van der Waals surface area contributed by atoms with Gasteiger partial charge < -0.3 is 0 Å². The highest BCUT2D eigenvalue weighted by molar-refractivity contribution is 5.94. The van der Waals surface area contributed by atoms with E-state index >= 15 is 0 Å². The number of pyridine rings is 1. The minimum absolute atomic E-state index is 0.0160. The Bertz CT molecular complexity index is 1240. The monoisotopic (exact) mass is 430 g/mol. The first kappa shape index (κ1) is 20.5. The molecular formula is C31H42N+. The summed E-state index contributed by atoms with van der Waals surface area (Å²) in [5, 5.41) is 1.99. The molecule has 32 heavy (non-hydrogen) atoms. The van der Waals surface area contributed by atoms with E-state index in [1.165, 1.54) is 53.5 Å². The van der Waals surface area contributed by atoms with Gasteiger partial charge in [-0.3, -0.25) is 0 Å². The first-order chi connectivity index (χ1) is 15.8. The van der Waals surface area contributed by atoms with Crippen molar-refractivity contribution in [3.8, 4) is 11.3 Å². The van der Waals surface area contributed by atoms with E-state index in [4.69, 9.17) is 2.74 Å². The molecule has 0 amide bonds. The summed E-state index contributed by atoms with van der Waals surface area (Å²) < 4.78 is 19.5. The van der Waals surface area contributed by atoms with Gasteiger partial charge >= 0.3 is 0 Å². The molecule has 170 valence electrons. The molecule has 3 aromatic rings. The zero-order chi connectivity index (χ0) is 25.0. The Labute approximate surface area is 198 Å². The number of hydrogen-bond donors (Lipinski definition) is 0. The summed E-state index contributed by atoms with van der Waals surface area (Å²) in [5.74, 6) is 0.765. The topological polar surface area (TPSA) is 3.88 Å². The Hall–Kier alpha value is -2.15. The minimum atomic E-state index is 0.0160. The van der Waals surface area contributed by atoms with Crippen LogP contribution in [0.3, 0.4) is 0 Å². The molecule has 1 saturated carbocycles. The minimum Gasteiger partial charge on any atom is -0.200 e. The smallest absolute Gasteiger partial charge is 0.200 e. The van der Waals surface area contributed by atoms with Gasteiger partial charge in [0.05, 0.1) is 12.3 Å². The van der Waals surface area contributed by atoms with Gasteiger partial charge in [-0.25, -0.2) is 4.57 Å². The van der Waals surface area contributed by atoms with Crippen LogP contribution in [-0.4, -0.2) is 0 Å². The molecule has 0 spiro atoms. The summed E-state index contributed by atoms with van der Waals surface area (Å²) in [6.07, 6.45) is 6.69. The second kappa shape index (κ2) is 8.32. The third kappa shape index (κ3) is 4.49. The largest absolute Gasteiger partial charge is 0.220 e. The van der Waals surface area contributed by atoms with Crippen molar-refractivity contribution in [3.63, 3.8) is 0 Å². The molecule has 1 nitrogen and oxygen atoms in total. The van der Waals surface area contributed by atoms with Crippen LogP contribution in [0, 0.1) is 12.8 Å². The predicted octanol–water partition coefficient (Wildman–Crippen LogP) is 7.97. The van der Waals surface area contributed by atoms with E-state index < -0.39 is 0 Å². The maximum Gasteiger partial charge on any atom is 0.220 e. The van der Waals surface area contributed by atoms with Gasteiger partial charge in [0.2, 0.25) is 5.69 Å². The summed E-state index contributed by atoms with van der Waals surface area (Å²) in [5.41, 5.74) is 7.51. The Morgan fingerprint density at radius 1 is 0.969 bits per heavy atom. The fraction of sp³-hybridized carbons (Fsp3) is 0.516. The zero-order valence-corrected chi connectivity index (χ0v) is 21.4. The molecule has 0 bridgehead atoms. The maximum absolute atomic E-state index is 8.81. The van der Waals surface area contributed by atoms with Crippen LogP contribution >= 0.6 is 0 Å². The first-order valence-corrected chi connectivity index (χ1v) is 12.4. The molecule has 0 saturated heterocycles. The second-order valence-electron chi connectivity index (χ2n) is 12.1. The van der Waals surface area contributed by atoms with Gasteiger partial charge in [-0.2, -0.15) is 0 Å². The lowest BCUT2D eigenvalue weighted by atomic mass is 9.76. The third-order valence-corrected chi connectivity index (χ3v) is 7.37. The number of hydrogen-bond acceptors (Lipinski definition) is 0. The van der Waals surface area contributed by atoms with E-state index in [2.05, 4.69) is 78.8 Å². The number of rotatable bonds is 3. The van der Waals surface area contributed by atoms with Gasteiger partial charge in [0.1, 0.15) is 8.42 Å². The maximum atomic E-state index is 8.81. The SMILES string of the molecule is [2H]c1c([2H])[n+](C)c(-c2cc(C(C)(C)C)cc(C(C)(C)C)c2C)c2ccc(CC3CCCC3)cc12. The lowest BCUT2D eigenvalue weighted by Crippen LogP contribution is -2.31. The zero-order valence-electron chi connectivity index (χ0n) is 23.4. The Kier molecular flexibility index (Phi) is 5.32. The van der Waals surface area contributed by atoms with Gasteiger partial charge in [-0.15, -0.1) is 0 Å². The van der Waals surface area contributed by atoms with E-state index in [-0.39, 0.29) is 17.0 Å².